The number of rotatable bonds is 10. The molecule has 1 aromatic carbocycles. The predicted molar refractivity (Wildman–Crippen MR) is 92.8 cm³/mol. The molecule has 3 nitrogen and oxygen atoms in total. The van der Waals surface area contributed by atoms with Crippen LogP contribution in [0.1, 0.15) is 71.3 Å². The molecule has 0 aliphatic heterocycles. The lowest BCUT2D eigenvalue weighted by molar-refractivity contribution is 0.387. The van der Waals surface area contributed by atoms with Crippen LogP contribution in [0.15, 0.2) is 30.3 Å². The van der Waals surface area contributed by atoms with E-state index in [0.29, 0.717) is 12.8 Å². The third-order valence-electron chi connectivity index (χ3n) is 4.81. The first-order valence-electron chi connectivity index (χ1n) is 8.35. The second kappa shape index (κ2) is 8.68. The highest BCUT2D eigenvalue weighted by atomic mass is 32.2. The van der Waals surface area contributed by atoms with E-state index < -0.39 is 15.4 Å². The van der Waals surface area contributed by atoms with Gasteiger partial charge in [0.25, 0.3) is 10.1 Å². The van der Waals surface area contributed by atoms with Crippen LogP contribution in [0.4, 0.5) is 0 Å². The Labute approximate surface area is 135 Å². The summed E-state index contributed by atoms with van der Waals surface area (Å²) in [5.41, 5.74) is 1.37. The summed E-state index contributed by atoms with van der Waals surface area (Å²) in [6.45, 7) is 6.44. The van der Waals surface area contributed by atoms with Crippen molar-refractivity contribution in [3.63, 3.8) is 0 Å². The molecule has 126 valence electrons. The molecule has 0 amide bonds. The van der Waals surface area contributed by atoms with Gasteiger partial charge in [0.05, 0.1) is 5.25 Å². The molecule has 0 saturated carbocycles. The largest absolute Gasteiger partial charge is 0.285 e. The Balaban J connectivity index is 2.66. The second-order valence-corrected chi connectivity index (χ2v) is 8.15. The Bertz CT molecular complexity index is 525. The van der Waals surface area contributed by atoms with Crippen molar-refractivity contribution >= 4 is 10.1 Å². The third-order valence-corrected chi connectivity index (χ3v) is 6.12. The standard InChI is InChI=1S/C18H30O3S/c1-4-6-13-17(22(19,20)21)14-10-15-18(3,5-2)16-11-8-7-9-12-16/h7-9,11-12,17H,4-6,10,13-15H2,1-3H3,(H,19,20,21). The number of hydrogen-bond donors (Lipinski definition) is 1. The summed E-state index contributed by atoms with van der Waals surface area (Å²) in [5.74, 6) is 0. The van der Waals surface area contributed by atoms with Gasteiger partial charge in [0.1, 0.15) is 0 Å². The van der Waals surface area contributed by atoms with Gasteiger partial charge in [-0.25, -0.2) is 0 Å². The minimum atomic E-state index is -3.93. The molecule has 0 fully saturated rings. The van der Waals surface area contributed by atoms with Crippen molar-refractivity contribution in [3.05, 3.63) is 35.9 Å². The van der Waals surface area contributed by atoms with Gasteiger partial charge in [-0.05, 0) is 36.7 Å². The lowest BCUT2D eigenvalue weighted by Gasteiger charge is -2.29. The summed E-state index contributed by atoms with van der Waals surface area (Å²) in [6, 6.07) is 10.4. The van der Waals surface area contributed by atoms with Crippen LogP contribution in [-0.2, 0) is 15.5 Å². The molecule has 0 aliphatic carbocycles. The van der Waals surface area contributed by atoms with Crippen molar-refractivity contribution in [3.8, 4) is 0 Å². The van der Waals surface area contributed by atoms with E-state index in [9.17, 15) is 13.0 Å². The van der Waals surface area contributed by atoms with Crippen molar-refractivity contribution < 1.29 is 13.0 Å². The molecule has 1 aromatic rings. The first-order chi connectivity index (χ1) is 10.3. The predicted octanol–water partition coefficient (Wildman–Crippen LogP) is 4.97. The minimum absolute atomic E-state index is 0.0653. The molecular weight excluding hydrogens is 296 g/mol. The van der Waals surface area contributed by atoms with Gasteiger partial charge >= 0.3 is 0 Å². The second-order valence-electron chi connectivity index (χ2n) is 6.45. The van der Waals surface area contributed by atoms with Crippen LogP contribution in [-0.4, -0.2) is 18.2 Å². The lowest BCUT2D eigenvalue weighted by Crippen LogP contribution is -2.24. The summed E-state index contributed by atoms with van der Waals surface area (Å²) in [5, 5.41) is -0.607. The van der Waals surface area contributed by atoms with Gasteiger partial charge in [-0.2, -0.15) is 8.42 Å². The molecule has 2 unspecified atom stereocenters. The average Bonchev–Trinajstić information content (AvgIpc) is 2.50. The fourth-order valence-corrected chi connectivity index (χ4v) is 3.89. The Morgan fingerprint density at radius 1 is 1.09 bits per heavy atom. The smallest absolute Gasteiger partial charge is 0.267 e. The van der Waals surface area contributed by atoms with E-state index in [1.807, 2.05) is 25.1 Å². The van der Waals surface area contributed by atoms with E-state index in [1.165, 1.54) is 5.56 Å². The fraction of sp³-hybridized carbons (Fsp3) is 0.667. The van der Waals surface area contributed by atoms with Crippen LogP contribution in [0.25, 0.3) is 0 Å². The van der Waals surface area contributed by atoms with E-state index in [2.05, 4.69) is 26.0 Å². The molecule has 0 radical (unpaired) electrons. The Morgan fingerprint density at radius 3 is 2.18 bits per heavy atom. The summed E-state index contributed by atoms with van der Waals surface area (Å²) in [4.78, 5) is 0. The quantitative estimate of drug-likeness (QED) is 0.617. The first-order valence-corrected chi connectivity index (χ1v) is 9.85. The molecule has 0 spiro atoms. The summed E-state index contributed by atoms with van der Waals surface area (Å²) in [6.07, 6.45) is 5.66. The molecule has 2 atom stereocenters. The van der Waals surface area contributed by atoms with Crippen molar-refractivity contribution in [1.82, 2.24) is 0 Å². The summed E-state index contributed by atoms with van der Waals surface area (Å²) >= 11 is 0. The van der Waals surface area contributed by atoms with Gasteiger partial charge < -0.3 is 0 Å². The molecule has 0 saturated heterocycles. The molecule has 1 rings (SSSR count). The number of benzene rings is 1. The van der Waals surface area contributed by atoms with E-state index in [4.69, 9.17) is 0 Å². The normalized spacial score (nSPS) is 16.2. The summed E-state index contributed by atoms with van der Waals surface area (Å²) < 4.78 is 32.4. The third kappa shape index (κ3) is 5.73. The maximum atomic E-state index is 11.5. The van der Waals surface area contributed by atoms with Crippen molar-refractivity contribution in [2.75, 3.05) is 0 Å². The lowest BCUT2D eigenvalue weighted by atomic mass is 9.76. The average molecular weight is 327 g/mol. The van der Waals surface area contributed by atoms with Gasteiger partial charge in [-0.3, -0.25) is 4.55 Å². The molecule has 4 heteroatoms. The first kappa shape index (κ1) is 19.2. The van der Waals surface area contributed by atoms with Crippen LogP contribution in [0.3, 0.4) is 0 Å². The Kier molecular flexibility index (Phi) is 7.57. The maximum absolute atomic E-state index is 11.5. The fourth-order valence-electron chi connectivity index (χ4n) is 2.96. The van der Waals surface area contributed by atoms with Crippen LogP contribution in [0, 0.1) is 0 Å². The SMILES string of the molecule is CCCCC(CCCC(C)(CC)c1ccccc1)S(=O)(=O)O. The van der Waals surface area contributed by atoms with Crippen molar-refractivity contribution in [2.45, 2.75) is 76.4 Å². The van der Waals surface area contributed by atoms with Gasteiger partial charge in [0, 0.05) is 0 Å². The monoisotopic (exact) mass is 326 g/mol. The molecule has 0 bridgehead atoms. The van der Waals surface area contributed by atoms with Crippen LogP contribution in [0.2, 0.25) is 0 Å². The molecular formula is C18H30O3S. The maximum Gasteiger partial charge on any atom is 0.267 e. The molecule has 0 aliphatic rings. The number of hydrogen-bond acceptors (Lipinski definition) is 2. The minimum Gasteiger partial charge on any atom is -0.285 e. The van der Waals surface area contributed by atoms with Crippen LogP contribution < -0.4 is 0 Å². The molecule has 0 aromatic heterocycles. The zero-order valence-electron chi connectivity index (χ0n) is 14.1. The van der Waals surface area contributed by atoms with Crippen LogP contribution >= 0.6 is 0 Å². The topological polar surface area (TPSA) is 54.4 Å². The van der Waals surface area contributed by atoms with Gasteiger partial charge in [0.15, 0.2) is 0 Å². The Morgan fingerprint density at radius 2 is 1.68 bits per heavy atom. The number of unbranched alkanes of at least 4 members (excludes halogenated alkanes) is 1. The van der Waals surface area contributed by atoms with Gasteiger partial charge in [-0.1, -0.05) is 70.4 Å². The van der Waals surface area contributed by atoms with Crippen molar-refractivity contribution in [1.29, 1.82) is 0 Å². The highest BCUT2D eigenvalue weighted by Gasteiger charge is 2.27. The van der Waals surface area contributed by atoms with E-state index in [-0.39, 0.29) is 5.41 Å². The molecule has 0 heterocycles. The zero-order valence-corrected chi connectivity index (χ0v) is 14.9. The highest BCUT2D eigenvalue weighted by Crippen LogP contribution is 2.33. The van der Waals surface area contributed by atoms with E-state index in [0.717, 1.165) is 32.1 Å². The summed E-state index contributed by atoms with van der Waals surface area (Å²) in [7, 11) is -3.93. The van der Waals surface area contributed by atoms with E-state index >= 15 is 0 Å². The van der Waals surface area contributed by atoms with Gasteiger partial charge in [0.2, 0.25) is 0 Å². The molecule has 1 N–H and O–H groups in total. The van der Waals surface area contributed by atoms with Gasteiger partial charge in [-0.15, -0.1) is 0 Å². The van der Waals surface area contributed by atoms with E-state index in [1.54, 1.807) is 0 Å². The highest BCUT2D eigenvalue weighted by molar-refractivity contribution is 7.86. The van der Waals surface area contributed by atoms with Crippen molar-refractivity contribution in [2.24, 2.45) is 0 Å². The molecule has 22 heavy (non-hydrogen) atoms. The zero-order chi connectivity index (χ0) is 16.6. The Hall–Kier alpha value is -0.870. The van der Waals surface area contributed by atoms with Crippen LogP contribution in [0.5, 0.6) is 0 Å².